The van der Waals surface area contributed by atoms with Crippen molar-refractivity contribution in [2.45, 2.75) is 39.2 Å². The fourth-order valence-corrected chi connectivity index (χ4v) is 3.53. The van der Waals surface area contributed by atoms with E-state index in [4.69, 9.17) is 4.74 Å². The Hall–Kier alpha value is -0.380. The highest BCUT2D eigenvalue weighted by molar-refractivity contribution is 8.00. The van der Waals surface area contributed by atoms with Gasteiger partial charge in [-0.2, -0.15) is 11.8 Å². The highest BCUT2D eigenvalue weighted by atomic mass is 32.2. The number of piperidine rings is 1. The highest BCUT2D eigenvalue weighted by Gasteiger charge is 2.41. The third kappa shape index (κ3) is 2.65. The molecule has 1 amide bonds. The molecule has 4 heteroatoms. The zero-order valence-corrected chi connectivity index (χ0v) is 11.2. The van der Waals surface area contributed by atoms with Crippen LogP contribution in [0.2, 0.25) is 0 Å². The Morgan fingerprint density at radius 2 is 1.81 bits per heavy atom. The summed E-state index contributed by atoms with van der Waals surface area (Å²) in [7, 11) is 0. The summed E-state index contributed by atoms with van der Waals surface area (Å²) in [5.41, 5.74) is 0.182. The molecule has 2 saturated heterocycles. The Kier molecular flexibility index (Phi) is 3.12. The van der Waals surface area contributed by atoms with E-state index in [9.17, 15) is 4.79 Å². The maximum absolute atomic E-state index is 11.8. The average molecular weight is 243 g/mol. The molecule has 0 radical (unpaired) electrons. The molecule has 0 aromatic carbocycles. The van der Waals surface area contributed by atoms with Gasteiger partial charge in [-0.1, -0.05) is 0 Å². The molecule has 0 aliphatic carbocycles. The number of nitrogens with zero attached hydrogens (tertiary/aromatic N) is 1. The van der Waals surface area contributed by atoms with Gasteiger partial charge in [-0.3, -0.25) is 0 Å². The number of carbonyl (C=O) groups is 1. The van der Waals surface area contributed by atoms with Crippen molar-refractivity contribution in [3.05, 3.63) is 0 Å². The first-order valence-electron chi connectivity index (χ1n) is 5.96. The summed E-state index contributed by atoms with van der Waals surface area (Å²) in [5, 5.41) is 0. The zero-order chi connectivity index (χ0) is 11.8. The van der Waals surface area contributed by atoms with E-state index >= 15 is 0 Å². The van der Waals surface area contributed by atoms with Crippen LogP contribution in [-0.4, -0.2) is 41.2 Å². The predicted octanol–water partition coefficient (Wildman–Crippen LogP) is 2.75. The second-order valence-electron chi connectivity index (χ2n) is 5.96. The quantitative estimate of drug-likeness (QED) is 0.655. The van der Waals surface area contributed by atoms with Crippen molar-refractivity contribution >= 4 is 17.9 Å². The first-order valence-corrected chi connectivity index (χ1v) is 7.11. The monoisotopic (exact) mass is 243 g/mol. The van der Waals surface area contributed by atoms with Crippen molar-refractivity contribution < 1.29 is 9.53 Å². The van der Waals surface area contributed by atoms with Crippen molar-refractivity contribution in [1.82, 2.24) is 4.90 Å². The topological polar surface area (TPSA) is 29.5 Å². The van der Waals surface area contributed by atoms with Crippen molar-refractivity contribution in [1.29, 1.82) is 0 Å². The van der Waals surface area contributed by atoms with Crippen molar-refractivity contribution in [2.75, 3.05) is 24.6 Å². The molecule has 1 spiro atoms. The van der Waals surface area contributed by atoms with E-state index in [0.29, 0.717) is 5.41 Å². The van der Waals surface area contributed by atoms with Crippen LogP contribution in [0.25, 0.3) is 0 Å². The lowest BCUT2D eigenvalue weighted by Crippen LogP contribution is -2.49. The van der Waals surface area contributed by atoms with Gasteiger partial charge in [0.25, 0.3) is 0 Å². The van der Waals surface area contributed by atoms with Gasteiger partial charge < -0.3 is 9.64 Å². The standard InChI is InChI=1S/C12H21NO2S/c1-11(2,3)15-10(14)13-6-4-12(5-7-13)8-16-9-12/h4-9H2,1-3H3. The van der Waals surface area contributed by atoms with Gasteiger partial charge in [0.15, 0.2) is 0 Å². The summed E-state index contributed by atoms with van der Waals surface area (Å²) >= 11 is 2.03. The molecule has 92 valence electrons. The van der Waals surface area contributed by atoms with Crippen LogP contribution in [0, 0.1) is 5.41 Å². The van der Waals surface area contributed by atoms with Crippen LogP contribution in [0.1, 0.15) is 33.6 Å². The molecule has 0 atom stereocenters. The largest absolute Gasteiger partial charge is 0.444 e. The molecule has 0 N–H and O–H groups in total. The SMILES string of the molecule is CC(C)(C)OC(=O)N1CCC2(CC1)CSC2. The normalized spacial score (nSPS) is 24.1. The second kappa shape index (κ2) is 4.13. The minimum Gasteiger partial charge on any atom is -0.444 e. The Labute approximate surface area is 102 Å². The number of hydrogen-bond acceptors (Lipinski definition) is 3. The van der Waals surface area contributed by atoms with E-state index in [0.717, 1.165) is 25.9 Å². The van der Waals surface area contributed by atoms with Gasteiger partial charge in [0, 0.05) is 13.1 Å². The lowest BCUT2D eigenvalue weighted by atomic mass is 9.81. The Balaban J connectivity index is 1.82. The smallest absolute Gasteiger partial charge is 0.410 e. The molecule has 3 nitrogen and oxygen atoms in total. The van der Waals surface area contributed by atoms with Crippen LogP contribution in [0.15, 0.2) is 0 Å². The van der Waals surface area contributed by atoms with Crippen LogP contribution < -0.4 is 0 Å². The van der Waals surface area contributed by atoms with Gasteiger partial charge >= 0.3 is 6.09 Å². The molecule has 2 aliphatic rings. The third-order valence-corrected chi connectivity index (χ3v) is 4.93. The summed E-state index contributed by atoms with van der Waals surface area (Å²) in [5.74, 6) is 2.57. The number of ether oxygens (including phenoxy) is 1. The van der Waals surface area contributed by atoms with Gasteiger partial charge in [-0.15, -0.1) is 0 Å². The predicted molar refractivity (Wildman–Crippen MR) is 66.8 cm³/mol. The number of rotatable bonds is 0. The molecule has 2 rings (SSSR count). The van der Waals surface area contributed by atoms with Crippen molar-refractivity contribution in [3.63, 3.8) is 0 Å². The minimum atomic E-state index is -0.376. The van der Waals surface area contributed by atoms with Gasteiger partial charge in [0.1, 0.15) is 5.60 Å². The number of likely N-dealkylation sites (tertiary alicyclic amines) is 1. The number of carbonyl (C=O) groups excluding carboxylic acids is 1. The van der Waals surface area contributed by atoms with Gasteiger partial charge in [-0.05, 0) is 50.5 Å². The van der Waals surface area contributed by atoms with Crippen molar-refractivity contribution in [3.8, 4) is 0 Å². The van der Waals surface area contributed by atoms with Gasteiger partial charge in [-0.25, -0.2) is 4.79 Å². The van der Waals surface area contributed by atoms with E-state index in [1.807, 2.05) is 37.4 Å². The van der Waals surface area contributed by atoms with Crippen LogP contribution in [0.5, 0.6) is 0 Å². The molecular weight excluding hydrogens is 222 g/mol. The van der Waals surface area contributed by atoms with E-state index in [2.05, 4.69) is 0 Å². The number of amides is 1. The Morgan fingerprint density at radius 3 is 2.19 bits per heavy atom. The first kappa shape index (κ1) is 12.1. The fraction of sp³-hybridized carbons (Fsp3) is 0.917. The highest BCUT2D eigenvalue weighted by Crippen LogP contribution is 2.45. The minimum absolute atomic E-state index is 0.144. The van der Waals surface area contributed by atoms with Crippen LogP contribution in [-0.2, 0) is 4.74 Å². The summed E-state index contributed by atoms with van der Waals surface area (Å²) in [6, 6.07) is 0. The number of hydrogen-bond donors (Lipinski definition) is 0. The lowest BCUT2D eigenvalue weighted by molar-refractivity contribution is 0.0134. The molecule has 0 bridgehead atoms. The number of thioether (sulfide) groups is 1. The molecule has 2 aliphatic heterocycles. The van der Waals surface area contributed by atoms with Crippen LogP contribution in [0.3, 0.4) is 0 Å². The Bertz CT molecular complexity index is 271. The summed E-state index contributed by atoms with van der Waals surface area (Å²) in [6.07, 6.45) is 2.16. The molecule has 2 heterocycles. The van der Waals surface area contributed by atoms with Crippen molar-refractivity contribution in [2.24, 2.45) is 5.41 Å². The first-order chi connectivity index (χ1) is 7.40. The maximum Gasteiger partial charge on any atom is 0.410 e. The van der Waals surface area contributed by atoms with Gasteiger partial charge in [0.2, 0.25) is 0 Å². The summed E-state index contributed by atoms with van der Waals surface area (Å²) < 4.78 is 5.38. The summed E-state index contributed by atoms with van der Waals surface area (Å²) in [6.45, 7) is 7.49. The van der Waals surface area contributed by atoms with Crippen LogP contribution in [0.4, 0.5) is 4.79 Å². The molecule has 16 heavy (non-hydrogen) atoms. The van der Waals surface area contributed by atoms with E-state index in [1.54, 1.807) is 0 Å². The van der Waals surface area contributed by atoms with E-state index in [1.165, 1.54) is 11.5 Å². The molecule has 0 saturated carbocycles. The molecule has 0 aromatic rings. The van der Waals surface area contributed by atoms with Gasteiger partial charge in [0.05, 0.1) is 0 Å². The molecule has 2 fully saturated rings. The maximum atomic E-state index is 11.8. The third-order valence-electron chi connectivity index (χ3n) is 3.29. The van der Waals surface area contributed by atoms with Crippen LogP contribution >= 0.6 is 11.8 Å². The summed E-state index contributed by atoms with van der Waals surface area (Å²) in [4.78, 5) is 13.7. The fourth-order valence-electron chi connectivity index (χ4n) is 2.17. The Morgan fingerprint density at radius 1 is 1.25 bits per heavy atom. The van der Waals surface area contributed by atoms with E-state index < -0.39 is 0 Å². The second-order valence-corrected chi connectivity index (χ2v) is 6.95. The van der Waals surface area contributed by atoms with E-state index in [-0.39, 0.29) is 11.7 Å². The lowest BCUT2D eigenvalue weighted by Gasteiger charge is -2.47. The average Bonchev–Trinajstić information content (AvgIpc) is 2.13. The molecule has 0 aromatic heterocycles. The molecular formula is C12H21NO2S. The molecule has 0 unspecified atom stereocenters. The zero-order valence-electron chi connectivity index (χ0n) is 10.4.